The molecule has 0 spiro atoms. The van der Waals surface area contributed by atoms with Gasteiger partial charge in [0, 0.05) is 10.7 Å². The molecule has 0 atom stereocenters. The Balaban J connectivity index is 1.47. The number of amides is 2. The zero-order valence-electron chi connectivity index (χ0n) is 16.2. The SMILES string of the molecule is Cc1c(Cl)cccc1NC(=O)CNC(=O)COC(=O)C1(c2ccccc2)CCC1. The number of ether oxygens (including phenoxy) is 1. The fourth-order valence-electron chi connectivity index (χ4n) is 3.33. The number of hydrogen-bond donors (Lipinski definition) is 2. The van der Waals surface area contributed by atoms with Crippen LogP contribution < -0.4 is 10.6 Å². The van der Waals surface area contributed by atoms with Crippen LogP contribution in [0.25, 0.3) is 0 Å². The Morgan fingerprint density at radius 3 is 2.41 bits per heavy atom. The van der Waals surface area contributed by atoms with Gasteiger partial charge < -0.3 is 15.4 Å². The Bertz CT molecular complexity index is 910. The first-order valence-corrected chi connectivity index (χ1v) is 9.84. The molecule has 0 heterocycles. The van der Waals surface area contributed by atoms with Crippen molar-refractivity contribution in [3.05, 3.63) is 64.7 Å². The highest BCUT2D eigenvalue weighted by atomic mass is 35.5. The minimum Gasteiger partial charge on any atom is -0.455 e. The van der Waals surface area contributed by atoms with E-state index in [1.807, 2.05) is 30.3 Å². The van der Waals surface area contributed by atoms with Crippen molar-refractivity contribution in [3.8, 4) is 0 Å². The number of carbonyl (C=O) groups is 3. The molecule has 0 bridgehead atoms. The molecule has 1 fully saturated rings. The van der Waals surface area contributed by atoms with E-state index in [0.717, 1.165) is 17.5 Å². The van der Waals surface area contributed by atoms with Gasteiger partial charge in [0.05, 0.1) is 12.0 Å². The average Bonchev–Trinajstić information content (AvgIpc) is 2.68. The highest BCUT2D eigenvalue weighted by Gasteiger charge is 2.47. The minimum atomic E-state index is -0.664. The molecule has 0 aliphatic heterocycles. The van der Waals surface area contributed by atoms with Gasteiger partial charge in [-0.2, -0.15) is 0 Å². The summed E-state index contributed by atoms with van der Waals surface area (Å²) in [7, 11) is 0. The number of rotatable bonds is 7. The molecule has 1 saturated carbocycles. The van der Waals surface area contributed by atoms with Crippen LogP contribution in [0.3, 0.4) is 0 Å². The number of esters is 1. The summed E-state index contributed by atoms with van der Waals surface area (Å²) < 4.78 is 5.25. The molecule has 2 aromatic carbocycles. The first-order chi connectivity index (χ1) is 13.9. The van der Waals surface area contributed by atoms with Crippen LogP contribution in [0, 0.1) is 6.92 Å². The highest BCUT2D eigenvalue weighted by molar-refractivity contribution is 6.31. The molecule has 0 saturated heterocycles. The Labute approximate surface area is 174 Å². The summed E-state index contributed by atoms with van der Waals surface area (Å²) in [6.45, 7) is 1.14. The first-order valence-electron chi connectivity index (χ1n) is 9.47. The third-order valence-corrected chi connectivity index (χ3v) is 5.66. The van der Waals surface area contributed by atoms with E-state index in [-0.39, 0.29) is 6.54 Å². The van der Waals surface area contributed by atoms with Gasteiger partial charge in [0.25, 0.3) is 5.91 Å². The lowest BCUT2D eigenvalue weighted by Crippen LogP contribution is -2.45. The summed E-state index contributed by atoms with van der Waals surface area (Å²) in [6, 6.07) is 14.7. The molecule has 2 N–H and O–H groups in total. The van der Waals surface area contributed by atoms with Crippen molar-refractivity contribution in [1.29, 1.82) is 0 Å². The van der Waals surface area contributed by atoms with E-state index in [1.54, 1.807) is 25.1 Å². The van der Waals surface area contributed by atoms with Gasteiger partial charge in [0.1, 0.15) is 0 Å². The van der Waals surface area contributed by atoms with Gasteiger partial charge in [0.15, 0.2) is 6.61 Å². The maximum Gasteiger partial charge on any atom is 0.317 e. The summed E-state index contributed by atoms with van der Waals surface area (Å²) in [5.74, 6) is -1.32. The second-order valence-electron chi connectivity index (χ2n) is 7.12. The minimum absolute atomic E-state index is 0.230. The van der Waals surface area contributed by atoms with Gasteiger partial charge in [-0.3, -0.25) is 14.4 Å². The van der Waals surface area contributed by atoms with E-state index < -0.39 is 29.8 Å². The van der Waals surface area contributed by atoms with Crippen LogP contribution in [0.15, 0.2) is 48.5 Å². The molecular formula is C22H23ClN2O4. The van der Waals surface area contributed by atoms with Crippen LogP contribution in [0.5, 0.6) is 0 Å². The van der Waals surface area contributed by atoms with Gasteiger partial charge in [-0.1, -0.05) is 54.4 Å². The smallest absolute Gasteiger partial charge is 0.317 e. The molecule has 0 radical (unpaired) electrons. The maximum absolute atomic E-state index is 12.6. The van der Waals surface area contributed by atoms with Crippen LogP contribution in [0.1, 0.15) is 30.4 Å². The van der Waals surface area contributed by atoms with Gasteiger partial charge in [-0.15, -0.1) is 0 Å². The van der Waals surface area contributed by atoms with Gasteiger partial charge in [-0.25, -0.2) is 0 Å². The van der Waals surface area contributed by atoms with Crippen LogP contribution >= 0.6 is 11.6 Å². The molecule has 2 aromatic rings. The van der Waals surface area contributed by atoms with E-state index in [2.05, 4.69) is 10.6 Å². The standard InChI is InChI=1S/C22H23ClN2O4/c1-15-17(23)9-5-10-18(15)25-19(26)13-24-20(27)14-29-21(28)22(11-6-12-22)16-7-3-2-4-8-16/h2-5,7-10H,6,11-14H2,1H3,(H,24,27)(H,25,26). The predicted molar refractivity (Wildman–Crippen MR) is 111 cm³/mol. The third-order valence-electron chi connectivity index (χ3n) is 5.25. The molecule has 7 heteroatoms. The summed E-state index contributed by atoms with van der Waals surface area (Å²) in [5, 5.41) is 5.69. The van der Waals surface area contributed by atoms with E-state index in [9.17, 15) is 14.4 Å². The van der Waals surface area contributed by atoms with Crippen LogP contribution in [-0.2, 0) is 24.5 Å². The molecule has 29 heavy (non-hydrogen) atoms. The van der Waals surface area contributed by atoms with Crippen LogP contribution in [0.4, 0.5) is 5.69 Å². The lowest BCUT2D eigenvalue weighted by molar-refractivity contribution is -0.157. The molecule has 3 rings (SSSR count). The number of nitrogens with one attached hydrogen (secondary N) is 2. The van der Waals surface area contributed by atoms with E-state index in [4.69, 9.17) is 16.3 Å². The van der Waals surface area contributed by atoms with E-state index >= 15 is 0 Å². The number of hydrogen-bond acceptors (Lipinski definition) is 4. The number of halogens is 1. The average molecular weight is 415 g/mol. The van der Waals surface area contributed by atoms with Crippen molar-refractivity contribution in [2.24, 2.45) is 0 Å². The zero-order valence-corrected chi connectivity index (χ0v) is 16.9. The fourth-order valence-corrected chi connectivity index (χ4v) is 3.51. The van der Waals surface area contributed by atoms with Crippen molar-refractivity contribution in [2.75, 3.05) is 18.5 Å². The number of anilines is 1. The summed E-state index contributed by atoms with van der Waals surface area (Å²) in [6.07, 6.45) is 2.36. The lowest BCUT2D eigenvalue weighted by atomic mass is 9.64. The second-order valence-corrected chi connectivity index (χ2v) is 7.52. The second kappa shape index (κ2) is 9.09. The number of carbonyl (C=O) groups excluding carboxylic acids is 3. The summed E-state index contributed by atoms with van der Waals surface area (Å²) >= 11 is 6.02. The Morgan fingerprint density at radius 1 is 1.03 bits per heavy atom. The summed E-state index contributed by atoms with van der Waals surface area (Å²) in [4.78, 5) is 36.7. The maximum atomic E-state index is 12.6. The molecule has 0 aromatic heterocycles. The fraction of sp³-hybridized carbons (Fsp3) is 0.318. The Morgan fingerprint density at radius 2 is 1.76 bits per heavy atom. The van der Waals surface area contributed by atoms with Gasteiger partial charge >= 0.3 is 5.97 Å². The predicted octanol–water partition coefficient (Wildman–Crippen LogP) is 3.37. The Kier molecular flexibility index (Phi) is 6.54. The van der Waals surface area contributed by atoms with Gasteiger partial charge in [0.2, 0.25) is 5.91 Å². The van der Waals surface area contributed by atoms with Crippen LogP contribution in [-0.4, -0.2) is 30.9 Å². The normalized spacial score (nSPS) is 14.4. The molecule has 1 aliphatic carbocycles. The third kappa shape index (κ3) is 4.77. The molecule has 6 nitrogen and oxygen atoms in total. The van der Waals surface area contributed by atoms with Crippen molar-refractivity contribution >= 4 is 35.1 Å². The molecule has 152 valence electrons. The van der Waals surface area contributed by atoms with Crippen molar-refractivity contribution < 1.29 is 19.1 Å². The highest BCUT2D eigenvalue weighted by Crippen LogP contribution is 2.44. The van der Waals surface area contributed by atoms with Crippen molar-refractivity contribution in [3.63, 3.8) is 0 Å². The lowest BCUT2D eigenvalue weighted by Gasteiger charge is -2.39. The molecule has 1 aliphatic rings. The molecular weight excluding hydrogens is 392 g/mol. The Hall–Kier alpha value is -2.86. The van der Waals surface area contributed by atoms with E-state index in [0.29, 0.717) is 23.6 Å². The monoisotopic (exact) mass is 414 g/mol. The number of benzene rings is 2. The van der Waals surface area contributed by atoms with E-state index in [1.165, 1.54) is 0 Å². The first kappa shape index (κ1) is 20.9. The summed E-state index contributed by atoms with van der Waals surface area (Å²) in [5.41, 5.74) is 1.57. The topological polar surface area (TPSA) is 84.5 Å². The van der Waals surface area contributed by atoms with Crippen LogP contribution in [0.2, 0.25) is 5.02 Å². The quantitative estimate of drug-likeness (QED) is 0.680. The van der Waals surface area contributed by atoms with Gasteiger partial charge in [-0.05, 0) is 43.0 Å². The zero-order chi connectivity index (χ0) is 20.9. The van der Waals surface area contributed by atoms with Crippen molar-refractivity contribution in [2.45, 2.75) is 31.6 Å². The van der Waals surface area contributed by atoms with Crippen molar-refractivity contribution in [1.82, 2.24) is 5.32 Å². The molecule has 2 amide bonds. The largest absolute Gasteiger partial charge is 0.455 e. The molecule has 0 unspecified atom stereocenters.